The zero-order valence-corrected chi connectivity index (χ0v) is 33.0. The minimum absolute atomic E-state index is 0.00418. The number of nitrogens with one attached hydrogen (secondary N) is 3. The molecule has 302 valence electrons. The summed E-state index contributed by atoms with van der Waals surface area (Å²) in [7, 11) is -3.91. The molecule has 1 aromatic carbocycles. The van der Waals surface area contributed by atoms with Gasteiger partial charge in [0, 0.05) is 18.9 Å². The number of carbonyl (C=O) groups is 4. The topological polar surface area (TPSA) is 195 Å². The monoisotopic (exact) mass is 792 g/mol. The van der Waals surface area contributed by atoms with Gasteiger partial charge in [-0.25, -0.2) is 17.9 Å². The highest BCUT2D eigenvalue weighted by atomic mass is 32.2. The maximum absolute atomic E-state index is 14.9. The summed E-state index contributed by atoms with van der Waals surface area (Å²) in [5.74, 6) is -1.20. The third kappa shape index (κ3) is 7.64. The van der Waals surface area contributed by atoms with Crippen molar-refractivity contribution in [1.29, 1.82) is 0 Å². The minimum Gasteiger partial charge on any atom is -0.471 e. The lowest BCUT2D eigenvalue weighted by Gasteiger charge is -2.33. The van der Waals surface area contributed by atoms with E-state index in [4.69, 9.17) is 9.47 Å². The van der Waals surface area contributed by atoms with Crippen LogP contribution < -0.4 is 25.7 Å². The van der Waals surface area contributed by atoms with Gasteiger partial charge in [-0.3, -0.25) is 23.9 Å². The van der Waals surface area contributed by atoms with Gasteiger partial charge in [-0.1, -0.05) is 38.1 Å². The van der Waals surface area contributed by atoms with Crippen molar-refractivity contribution in [3.63, 3.8) is 0 Å². The molecular weight excluding hydrogens is 741 g/mol. The van der Waals surface area contributed by atoms with Crippen molar-refractivity contribution in [2.24, 2.45) is 29.6 Å². The lowest BCUT2D eigenvalue weighted by molar-refractivity contribution is -0.142. The van der Waals surface area contributed by atoms with Gasteiger partial charge in [-0.15, -0.1) is 5.10 Å². The normalized spacial score (nSPS) is 34.8. The van der Waals surface area contributed by atoms with Crippen molar-refractivity contribution in [3.8, 4) is 5.88 Å². The molecule has 0 spiro atoms. The van der Waals surface area contributed by atoms with E-state index in [2.05, 4.69) is 27.4 Å². The van der Waals surface area contributed by atoms with Crippen LogP contribution in [0.2, 0.25) is 0 Å². The molecule has 3 N–H and O–H groups in total. The van der Waals surface area contributed by atoms with E-state index < -0.39 is 68.7 Å². The Balaban J connectivity index is 1.11. The number of hydrogen-bond donors (Lipinski definition) is 3. The summed E-state index contributed by atoms with van der Waals surface area (Å²) >= 11 is 0. The third-order valence-electron chi connectivity index (χ3n) is 12.8. The Hall–Kier alpha value is -4.47. The van der Waals surface area contributed by atoms with Gasteiger partial charge in [0.05, 0.1) is 22.6 Å². The summed E-state index contributed by atoms with van der Waals surface area (Å²) in [6.45, 7) is 6.03. The summed E-state index contributed by atoms with van der Waals surface area (Å²) in [6, 6.07) is 4.75. The molecule has 4 saturated carbocycles. The molecule has 1 saturated heterocycles. The molecule has 4 aliphatic carbocycles. The number of amides is 4. The fraction of sp³-hybridized carbons (Fsp3) is 0.650. The predicted octanol–water partition coefficient (Wildman–Crippen LogP) is 3.15. The van der Waals surface area contributed by atoms with Gasteiger partial charge in [-0.05, 0) is 101 Å². The van der Waals surface area contributed by atoms with E-state index in [0.29, 0.717) is 54.8 Å². The molecule has 2 aliphatic heterocycles. The average molecular weight is 793 g/mol. The van der Waals surface area contributed by atoms with Crippen LogP contribution in [0.1, 0.15) is 85.0 Å². The van der Waals surface area contributed by atoms with Crippen LogP contribution in [0, 0.1) is 29.6 Å². The molecule has 15 nitrogen and oxygen atoms in total. The van der Waals surface area contributed by atoms with Crippen molar-refractivity contribution in [3.05, 3.63) is 46.8 Å². The van der Waals surface area contributed by atoms with Crippen LogP contribution in [0.25, 0.3) is 10.8 Å². The van der Waals surface area contributed by atoms with Crippen molar-refractivity contribution in [1.82, 2.24) is 30.0 Å². The molecule has 8 rings (SSSR count). The lowest BCUT2D eigenvalue weighted by Crippen LogP contribution is -2.59. The molecule has 10 atom stereocenters. The summed E-state index contributed by atoms with van der Waals surface area (Å²) < 4.78 is 41.6. The van der Waals surface area contributed by atoms with Gasteiger partial charge in [0.2, 0.25) is 27.7 Å². The Morgan fingerprint density at radius 3 is 2.43 bits per heavy atom. The molecule has 16 heteroatoms. The van der Waals surface area contributed by atoms with Gasteiger partial charge in [-0.2, -0.15) is 0 Å². The zero-order chi connectivity index (χ0) is 39.5. The Morgan fingerprint density at radius 2 is 1.71 bits per heavy atom. The van der Waals surface area contributed by atoms with Crippen LogP contribution >= 0.6 is 0 Å². The quantitative estimate of drug-likeness (QED) is 0.335. The second-order valence-corrected chi connectivity index (χ2v) is 19.1. The van der Waals surface area contributed by atoms with Gasteiger partial charge in [0.15, 0.2) is 0 Å². The number of fused-ring (bicyclic) bond motifs is 4. The lowest BCUT2D eigenvalue weighted by atomic mass is 9.88. The SMILES string of the molecule is CCn1nc(O[C@@H]2C[C@H]3C(=O)N[C@]4(C(=O)NS(=O)(=O)C5CC5)C[C@H]4/C=C\CC[C@@H](C)C[C@@H](C)[C@H](NC(=O)OC4C[C@@H]5C[C@@H]5C4)C(=O)N3C2)c2ccccc2c1=O. The van der Waals surface area contributed by atoms with Crippen LogP contribution in [-0.2, 0) is 35.7 Å². The molecule has 4 amide bonds. The van der Waals surface area contributed by atoms with E-state index in [-0.39, 0.29) is 48.8 Å². The van der Waals surface area contributed by atoms with Crippen molar-refractivity contribution < 1.29 is 37.1 Å². The largest absolute Gasteiger partial charge is 0.471 e. The average Bonchev–Trinajstić information content (AvgIpc) is 4.12. The van der Waals surface area contributed by atoms with E-state index in [0.717, 1.165) is 19.3 Å². The molecule has 2 aromatic rings. The molecular formula is C40H52N6O9S. The first-order chi connectivity index (χ1) is 26.8. The van der Waals surface area contributed by atoms with E-state index in [1.807, 2.05) is 19.1 Å². The summed E-state index contributed by atoms with van der Waals surface area (Å²) in [5, 5.41) is 10.5. The van der Waals surface area contributed by atoms with Gasteiger partial charge >= 0.3 is 6.09 Å². The van der Waals surface area contributed by atoms with Crippen molar-refractivity contribution in [2.45, 2.75) is 127 Å². The fourth-order valence-electron chi connectivity index (χ4n) is 9.23. The number of nitrogens with zero attached hydrogens (tertiary/aromatic N) is 3. The molecule has 1 aromatic heterocycles. The maximum Gasteiger partial charge on any atom is 0.408 e. The number of allylic oxidation sites excluding steroid dienone is 1. The standard InChI is InChI=1S/C40H52N6O9S/c1-4-46-36(48)31-12-8-7-11-30(31)35(43-46)54-28-19-32-34(47)42-40(38(50)44-56(52,53)29-13-14-29)20-26(40)10-6-5-9-22(2)15-23(3)33(37(49)45(32)21-28)41-39(51)55-27-17-24-16-25(24)18-27/h6-8,10-12,22-29,32-33H,4-5,9,13-21H2,1-3H3,(H,41,51)(H,42,47)(H,44,50)/b10-6-/t22-,23-,24-,25+,26-,27?,28-,32+,33+,40-/m1/s1. The first-order valence-corrected chi connectivity index (χ1v) is 21.8. The second kappa shape index (κ2) is 14.8. The number of benzene rings is 1. The highest BCUT2D eigenvalue weighted by Gasteiger charge is 2.62. The molecule has 0 bridgehead atoms. The van der Waals surface area contributed by atoms with E-state index in [1.54, 1.807) is 31.2 Å². The van der Waals surface area contributed by atoms with Crippen LogP contribution in [0.5, 0.6) is 5.88 Å². The third-order valence-corrected chi connectivity index (χ3v) is 14.6. The fourth-order valence-corrected chi connectivity index (χ4v) is 10.6. The van der Waals surface area contributed by atoms with E-state index in [1.165, 1.54) is 16.0 Å². The highest BCUT2D eigenvalue weighted by Crippen LogP contribution is 2.52. The molecule has 3 heterocycles. The zero-order valence-electron chi connectivity index (χ0n) is 32.1. The molecule has 56 heavy (non-hydrogen) atoms. The Labute approximate surface area is 326 Å². The highest BCUT2D eigenvalue weighted by molar-refractivity contribution is 7.91. The number of carbonyl (C=O) groups excluding carboxylic acids is 4. The Kier molecular flexibility index (Phi) is 10.1. The minimum atomic E-state index is -3.91. The van der Waals surface area contributed by atoms with Crippen LogP contribution in [0.4, 0.5) is 4.79 Å². The number of aromatic nitrogens is 2. The number of hydrogen-bond acceptors (Lipinski definition) is 10. The maximum atomic E-state index is 14.9. The summed E-state index contributed by atoms with van der Waals surface area (Å²) in [4.78, 5) is 71.1. The summed E-state index contributed by atoms with van der Waals surface area (Å²) in [5.41, 5.74) is -1.80. The molecule has 5 fully saturated rings. The number of aryl methyl sites for hydroxylation is 1. The second-order valence-electron chi connectivity index (χ2n) is 17.1. The van der Waals surface area contributed by atoms with Crippen LogP contribution in [-0.4, -0.2) is 88.5 Å². The number of alkyl carbamates (subject to hydrolysis) is 1. The predicted molar refractivity (Wildman–Crippen MR) is 205 cm³/mol. The smallest absolute Gasteiger partial charge is 0.408 e. The number of sulfonamides is 1. The summed E-state index contributed by atoms with van der Waals surface area (Å²) in [6.07, 6.45) is 8.17. The van der Waals surface area contributed by atoms with E-state index >= 15 is 0 Å². The van der Waals surface area contributed by atoms with Crippen molar-refractivity contribution in [2.75, 3.05) is 6.54 Å². The Morgan fingerprint density at radius 1 is 0.982 bits per heavy atom. The van der Waals surface area contributed by atoms with Gasteiger partial charge in [0.1, 0.15) is 29.8 Å². The van der Waals surface area contributed by atoms with Crippen LogP contribution in [0.3, 0.4) is 0 Å². The number of ether oxygens (including phenoxy) is 2. The van der Waals surface area contributed by atoms with Gasteiger partial charge < -0.3 is 25.0 Å². The first-order valence-electron chi connectivity index (χ1n) is 20.2. The Bertz CT molecular complexity index is 2110. The first kappa shape index (κ1) is 38.4. The molecule has 0 radical (unpaired) electrons. The van der Waals surface area contributed by atoms with E-state index in [9.17, 15) is 32.4 Å². The number of rotatable bonds is 8. The molecule has 6 aliphatic rings. The van der Waals surface area contributed by atoms with Crippen molar-refractivity contribution >= 4 is 44.6 Å². The van der Waals surface area contributed by atoms with Gasteiger partial charge in [0.25, 0.3) is 11.5 Å². The van der Waals surface area contributed by atoms with Crippen LogP contribution in [0.15, 0.2) is 41.2 Å². The molecule has 1 unspecified atom stereocenters.